The number of Topliss-reactive ketones (excluding diaryl/α,β-unsaturated/α-hetero) is 1. The lowest BCUT2D eigenvalue weighted by atomic mass is 9.97. The zero-order valence-corrected chi connectivity index (χ0v) is 19.2. The average molecular weight is 445 g/mol. The quantitative estimate of drug-likeness (QED) is 0.581. The molecule has 1 N–H and O–H groups in total. The summed E-state index contributed by atoms with van der Waals surface area (Å²) in [5.74, 6) is 0.555. The molecule has 33 heavy (non-hydrogen) atoms. The van der Waals surface area contributed by atoms with Gasteiger partial charge in [-0.1, -0.05) is 36.4 Å². The molecular weight excluding hydrogens is 416 g/mol. The summed E-state index contributed by atoms with van der Waals surface area (Å²) in [4.78, 5) is 27.2. The Morgan fingerprint density at radius 3 is 2.76 bits per heavy atom. The van der Waals surface area contributed by atoms with Gasteiger partial charge in [0, 0.05) is 49.9 Å². The van der Waals surface area contributed by atoms with Crippen LogP contribution in [0.1, 0.15) is 34.1 Å². The fourth-order valence-electron chi connectivity index (χ4n) is 4.29. The number of fused-ring (bicyclic) bond motifs is 1. The highest BCUT2D eigenvalue weighted by atomic mass is 16.5. The lowest BCUT2D eigenvalue weighted by Crippen LogP contribution is -2.35. The van der Waals surface area contributed by atoms with Crippen LogP contribution in [0.5, 0.6) is 11.5 Å². The SMILES string of the molecule is COc1cc(/C=C/CN2CCc3c(cc(-c4cccc(C(C)=O)c4)c(=O)n3C)C2)ccc1O. The highest BCUT2D eigenvalue weighted by Gasteiger charge is 2.21. The zero-order chi connectivity index (χ0) is 23.5. The van der Waals surface area contributed by atoms with Crippen molar-refractivity contribution < 1.29 is 14.6 Å². The van der Waals surface area contributed by atoms with Gasteiger partial charge in [-0.3, -0.25) is 14.5 Å². The fourth-order valence-corrected chi connectivity index (χ4v) is 4.29. The zero-order valence-electron chi connectivity index (χ0n) is 19.2. The third kappa shape index (κ3) is 4.76. The summed E-state index contributed by atoms with van der Waals surface area (Å²) in [5, 5.41) is 9.75. The Bertz CT molecular complexity index is 1290. The number of aromatic hydroxyl groups is 1. The topological polar surface area (TPSA) is 71.8 Å². The number of pyridine rings is 1. The molecule has 0 spiro atoms. The number of phenolic OH excluding ortho intramolecular Hbond substituents is 1. The van der Waals surface area contributed by atoms with Gasteiger partial charge in [-0.2, -0.15) is 0 Å². The van der Waals surface area contributed by atoms with Crippen molar-refractivity contribution in [3.05, 3.63) is 87.3 Å². The van der Waals surface area contributed by atoms with Crippen molar-refractivity contribution in [2.24, 2.45) is 7.05 Å². The van der Waals surface area contributed by atoms with E-state index in [-0.39, 0.29) is 17.1 Å². The van der Waals surface area contributed by atoms with Gasteiger partial charge in [0.1, 0.15) is 0 Å². The minimum atomic E-state index is -0.0379. The number of carbonyl (C=O) groups is 1. The molecule has 6 nitrogen and oxygen atoms in total. The van der Waals surface area contributed by atoms with Gasteiger partial charge in [0.15, 0.2) is 17.3 Å². The lowest BCUT2D eigenvalue weighted by Gasteiger charge is -2.29. The number of rotatable bonds is 6. The van der Waals surface area contributed by atoms with Crippen LogP contribution in [0.2, 0.25) is 0 Å². The molecule has 3 aromatic rings. The average Bonchev–Trinajstić information content (AvgIpc) is 2.82. The predicted octanol–water partition coefficient (Wildman–Crippen LogP) is 4.04. The van der Waals surface area contributed by atoms with E-state index in [0.717, 1.165) is 48.4 Å². The maximum atomic E-state index is 13.0. The Kier molecular flexibility index (Phi) is 6.47. The van der Waals surface area contributed by atoms with Gasteiger partial charge in [0.05, 0.1) is 7.11 Å². The molecule has 2 aromatic carbocycles. The third-order valence-electron chi connectivity index (χ3n) is 6.15. The van der Waals surface area contributed by atoms with E-state index >= 15 is 0 Å². The summed E-state index contributed by atoms with van der Waals surface area (Å²) in [5.41, 5.74) is 5.10. The van der Waals surface area contributed by atoms with E-state index in [0.29, 0.717) is 16.9 Å². The van der Waals surface area contributed by atoms with Gasteiger partial charge in [0.25, 0.3) is 5.56 Å². The van der Waals surface area contributed by atoms with Gasteiger partial charge in [0.2, 0.25) is 0 Å². The van der Waals surface area contributed by atoms with E-state index in [2.05, 4.69) is 11.0 Å². The number of phenols is 1. The Morgan fingerprint density at radius 1 is 1.18 bits per heavy atom. The Morgan fingerprint density at radius 2 is 2.00 bits per heavy atom. The predicted molar refractivity (Wildman–Crippen MR) is 130 cm³/mol. The molecule has 2 heterocycles. The first-order valence-electron chi connectivity index (χ1n) is 11.0. The molecule has 0 amide bonds. The second-order valence-electron chi connectivity index (χ2n) is 8.35. The molecule has 0 atom stereocenters. The monoisotopic (exact) mass is 444 g/mol. The van der Waals surface area contributed by atoms with Crippen molar-refractivity contribution in [1.82, 2.24) is 9.47 Å². The first-order chi connectivity index (χ1) is 15.9. The number of methoxy groups -OCH3 is 1. The van der Waals surface area contributed by atoms with Gasteiger partial charge in [-0.05, 0) is 47.9 Å². The number of ether oxygens (including phenoxy) is 1. The summed E-state index contributed by atoms with van der Waals surface area (Å²) >= 11 is 0. The number of hydrogen-bond acceptors (Lipinski definition) is 5. The fraction of sp³-hybridized carbons (Fsp3) is 0.259. The maximum Gasteiger partial charge on any atom is 0.258 e. The first-order valence-corrected chi connectivity index (χ1v) is 11.0. The smallest absolute Gasteiger partial charge is 0.258 e. The number of ketones is 1. The van der Waals surface area contributed by atoms with Crippen LogP contribution in [0.25, 0.3) is 17.2 Å². The normalized spacial score (nSPS) is 13.8. The van der Waals surface area contributed by atoms with E-state index in [9.17, 15) is 14.7 Å². The molecule has 0 unspecified atom stereocenters. The number of nitrogens with zero attached hydrogens (tertiary/aromatic N) is 2. The van der Waals surface area contributed by atoms with Crippen LogP contribution in [0.15, 0.2) is 59.4 Å². The van der Waals surface area contributed by atoms with E-state index in [1.807, 2.05) is 37.4 Å². The van der Waals surface area contributed by atoms with Crippen molar-refractivity contribution in [2.75, 3.05) is 20.2 Å². The third-order valence-corrected chi connectivity index (χ3v) is 6.15. The molecule has 1 aliphatic rings. The molecule has 4 rings (SSSR count). The van der Waals surface area contributed by atoms with Crippen LogP contribution >= 0.6 is 0 Å². The van der Waals surface area contributed by atoms with Crippen LogP contribution < -0.4 is 10.3 Å². The van der Waals surface area contributed by atoms with E-state index in [1.165, 1.54) is 14.0 Å². The minimum Gasteiger partial charge on any atom is -0.504 e. The summed E-state index contributed by atoms with van der Waals surface area (Å²) in [7, 11) is 3.36. The van der Waals surface area contributed by atoms with Crippen LogP contribution in [-0.4, -0.2) is 40.6 Å². The number of carbonyl (C=O) groups excluding carboxylic acids is 1. The van der Waals surface area contributed by atoms with Gasteiger partial charge in [-0.15, -0.1) is 0 Å². The van der Waals surface area contributed by atoms with Crippen LogP contribution in [0, 0.1) is 0 Å². The molecule has 0 saturated heterocycles. The second-order valence-corrected chi connectivity index (χ2v) is 8.35. The molecular formula is C27H28N2O4. The first kappa shape index (κ1) is 22.6. The minimum absolute atomic E-state index is 0.0177. The number of benzene rings is 2. The van der Waals surface area contributed by atoms with Crippen molar-refractivity contribution in [2.45, 2.75) is 19.9 Å². The molecule has 0 aliphatic carbocycles. The number of aromatic nitrogens is 1. The second kappa shape index (κ2) is 9.46. The molecule has 0 saturated carbocycles. The van der Waals surface area contributed by atoms with Gasteiger partial charge < -0.3 is 14.4 Å². The standard InChI is InChI=1S/C27H28N2O4/c1-18(30)20-7-4-8-21(15-20)23-16-22-17-29(13-11-24(22)28(2)27(23)32)12-5-6-19-9-10-25(31)26(14-19)33-3/h4-10,14-16,31H,11-13,17H2,1-3H3/b6-5+. The molecule has 0 radical (unpaired) electrons. The van der Waals surface area contributed by atoms with E-state index in [4.69, 9.17) is 4.74 Å². The van der Waals surface area contributed by atoms with E-state index in [1.54, 1.807) is 28.8 Å². The van der Waals surface area contributed by atoms with Crippen molar-refractivity contribution in [1.29, 1.82) is 0 Å². The largest absolute Gasteiger partial charge is 0.504 e. The summed E-state index contributed by atoms with van der Waals surface area (Å²) in [6.07, 6.45) is 4.91. The van der Waals surface area contributed by atoms with Gasteiger partial charge >= 0.3 is 0 Å². The lowest BCUT2D eigenvalue weighted by molar-refractivity contribution is 0.101. The highest BCUT2D eigenvalue weighted by Crippen LogP contribution is 2.27. The molecule has 170 valence electrons. The molecule has 1 aliphatic heterocycles. The number of hydrogen-bond donors (Lipinski definition) is 1. The van der Waals surface area contributed by atoms with Crippen LogP contribution in [0.3, 0.4) is 0 Å². The van der Waals surface area contributed by atoms with Crippen molar-refractivity contribution >= 4 is 11.9 Å². The Labute approximate surface area is 193 Å². The summed E-state index contributed by atoms with van der Waals surface area (Å²) in [6.45, 7) is 3.90. The Balaban J connectivity index is 1.55. The maximum absolute atomic E-state index is 13.0. The molecule has 0 bridgehead atoms. The Hall–Kier alpha value is -3.64. The highest BCUT2D eigenvalue weighted by molar-refractivity contribution is 5.95. The van der Waals surface area contributed by atoms with Gasteiger partial charge in [-0.25, -0.2) is 0 Å². The van der Waals surface area contributed by atoms with Crippen LogP contribution in [-0.2, 0) is 20.0 Å². The molecule has 0 fully saturated rings. The van der Waals surface area contributed by atoms with Crippen molar-refractivity contribution in [3.63, 3.8) is 0 Å². The van der Waals surface area contributed by atoms with Crippen molar-refractivity contribution in [3.8, 4) is 22.6 Å². The van der Waals surface area contributed by atoms with E-state index < -0.39 is 0 Å². The molecule has 1 aromatic heterocycles. The molecule has 6 heteroatoms. The summed E-state index contributed by atoms with van der Waals surface area (Å²) < 4.78 is 6.92. The summed E-state index contributed by atoms with van der Waals surface area (Å²) in [6, 6.07) is 14.5. The van der Waals surface area contributed by atoms with Crippen LogP contribution in [0.4, 0.5) is 0 Å².